The molecule has 0 atom stereocenters. The highest BCUT2D eigenvalue weighted by atomic mass is 32.2. The molecule has 1 heterocycles. The molecule has 0 saturated carbocycles. The van der Waals surface area contributed by atoms with Crippen LogP contribution in [0.15, 0.2) is 53.4 Å². The molecule has 0 bridgehead atoms. The van der Waals surface area contributed by atoms with Gasteiger partial charge in [-0.3, -0.25) is 4.79 Å². The largest absolute Gasteiger partial charge is 0.497 e. The number of hydrogen-bond acceptors (Lipinski definition) is 7. The van der Waals surface area contributed by atoms with E-state index in [2.05, 4.69) is 0 Å². The molecule has 0 spiro atoms. The predicted molar refractivity (Wildman–Crippen MR) is 116 cm³/mol. The molecule has 178 valence electrons. The Morgan fingerprint density at radius 2 is 1.36 bits per heavy atom. The van der Waals surface area contributed by atoms with Crippen LogP contribution in [-0.4, -0.2) is 86.1 Å². The fourth-order valence-corrected chi connectivity index (χ4v) is 4.39. The van der Waals surface area contributed by atoms with E-state index in [9.17, 15) is 13.2 Å². The van der Waals surface area contributed by atoms with Crippen molar-refractivity contribution >= 4 is 27.9 Å². The summed E-state index contributed by atoms with van der Waals surface area (Å²) in [5.74, 6) is -2.57. The van der Waals surface area contributed by atoms with Crippen LogP contribution in [0.5, 0.6) is 11.5 Å². The molecular formula is C21H24N2O9S. The third kappa shape index (κ3) is 6.67. The van der Waals surface area contributed by atoms with Crippen LogP contribution in [0.3, 0.4) is 0 Å². The summed E-state index contributed by atoms with van der Waals surface area (Å²) >= 11 is 0. The third-order valence-corrected chi connectivity index (χ3v) is 6.64. The lowest BCUT2D eigenvalue weighted by atomic mass is 10.1. The average molecular weight is 480 g/mol. The zero-order chi connectivity index (χ0) is 24.6. The lowest BCUT2D eigenvalue weighted by molar-refractivity contribution is -0.159. The normalized spacial score (nSPS) is 13.9. The van der Waals surface area contributed by atoms with Crippen molar-refractivity contribution in [3.8, 4) is 11.5 Å². The van der Waals surface area contributed by atoms with Crippen molar-refractivity contribution in [1.29, 1.82) is 0 Å². The molecule has 0 aliphatic carbocycles. The standard InChI is InChI=1S/C19H22N2O5S.C2H2O4/c1-25-16-6-8-18(9-7-16)27(23,24)21-12-10-20(11-13-21)19(22)15-4-3-5-17(14-15)26-2;3-1(4)2(5)6/h3-9,14H,10-13H2,1-2H3;(H,3,4)(H,5,6). The molecule has 1 amide bonds. The van der Waals surface area contributed by atoms with Gasteiger partial charge in [-0.1, -0.05) is 6.07 Å². The molecular weight excluding hydrogens is 456 g/mol. The number of carbonyl (C=O) groups is 3. The first-order valence-corrected chi connectivity index (χ1v) is 11.1. The summed E-state index contributed by atoms with van der Waals surface area (Å²) in [5.41, 5.74) is 0.529. The summed E-state index contributed by atoms with van der Waals surface area (Å²) in [7, 11) is -0.514. The van der Waals surface area contributed by atoms with Crippen molar-refractivity contribution in [3.63, 3.8) is 0 Å². The van der Waals surface area contributed by atoms with Gasteiger partial charge < -0.3 is 24.6 Å². The number of sulfonamides is 1. The Bertz CT molecular complexity index is 1080. The van der Waals surface area contributed by atoms with Crippen LogP contribution in [-0.2, 0) is 19.6 Å². The number of carboxylic acids is 2. The molecule has 3 rings (SSSR count). The highest BCUT2D eigenvalue weighted by Crippen LogP contribution is 2.21. The SMILES string of the molecule is COc1ccc(S(=O)(=O)N2CCN(C(=O)c3cccc(OC)c3)CC2)cc1.O=C(O)C(=O)O. The van der Waals surface area contributed by atoms with E-state index in [-0.39, 0.29) is 23.9 Å². The minimum atomic E-state index is -3.59. The van der Waals surface area contributed by atoms with Gasteiger partial charge >= 0.3 is 11.9 Å². The average Bonchev–Trinajstić information content (AvgIpc) is 2.84. The molecule has 2 N–H and O–H groups in total. The Morgan fingerprint density at radius 3 is 1.85 bits per heavy atom. The Balaban J connectivity index is 0.000000569. The van der Waals surface area contributed by atoms with E-state index in [1.165, 1.54) is 23.5 Å². The first kappa shape index (κ1) is 25.6. The van der Waals surface area contributed by atoms with Crippen LogP contribution in [0.25, 0.3) is 0 Å². The third-order valence-electron chi connectivity index (χ3n) is 4.72. The zero-order valence-electron chi connectivity index (χ0n) is 18.0. The number of rotatable bonds is 5. The van der Waals surface area contributed by atoms with Gasteiger partial charge in [-0.05, 0) is 42.5 Å². The van der Waals surface area contributed by atoms with Gasteiger partial charge in [-0.15, -0.1) is 0 Å². The lowest BCUT2D eigenvalue weighted by Gasteiger charge is -2.34. The molecule has 1 saturated heterocycles. The highest BCUT2D eigenvalue weighted by molar-refractivity contribution is 7.89. The number of aliphatic carboxylic acids is 2. The van der Waals surface area contributed by atoms with Crippen molar-refractivity contribution in [1.82, 2.24) is 9.21 Å². The van der Waals surface area contributed by atoms with Crippen LogP contribution in [0, 0.1) is 0 Å². The van der Waals surface area contributed by atoms with Crippen molar-refractivity contribution in [3.05, 3.63) is 54.1 Å². The second-order valence-corrected chi connectivity index (χ2v) is 8.65. The summed E-state index contributed by atoms with van der Waals surface area (Å²) in [4.78, 5) is 32.7. The van der Waals surface area contributed by atoms with E-state index >= 15 is 0 Å². The fraction of sp³-hybridized carbons (Fsp3) is 0.286. The number of carboxylic acid groups (broad SMARTS) is 2. The number of methoxy groups -OCH3 is 2. The van der Waals surface area contributed by atoms with Gasteiger partial charge in [0.05, 0.1) is 19.1 Å². The van der Waals surface area contributed by atoms with Crippen molar-refractivity contribution in [2.24, 2.45) is 0 Å². The van der Waals surface area contributed by atoms with Gasteiger partial charge in [0.15, 0.2) is 0 Å². The van der Waals surface area contributed by atoms with Crippen molar-refractivity contribution < 1.29 is 42.5 Å². The Morgan fingerprint density at radius 1 is 0.818 bits per heavy atom. The number of benzene rings is 2. The van der Waals surface area contributed by atoms with E-state index in [4.69, 9.17) is 29.3 Å². The monoisotopic (exact) mass is 480 g/mol. The number of hydrogen-bond donors (Lipinski definition) is 2. The molecule has 33 heavy (non-hydrogen) atoms. The summed E-state index contributed by atoms with van der Waals surface area (Å²) in [6, 6.07) is 13.2. The van der Waals surface area contributed by atoms with Crippen LogP contribution in [0.4, 0.5) is 0 Å². The molecule has 2 aromatic rings. The minimum absolute atomic E-state index is 0.129. The van der Waals surface area contributed by atoms with Crippen LogP contribution < -0.4 is 9.47 Å². The number of ether oxygens (including phenoxy) is 2. The molecule has 0 radical (unpaired) electrons. The van der Waals surface area contributed by atoms with Crippen LogP contribution in [0.1, 0.15) is 10.4 Å². The number of carbonyl (C=O) groups excluding carboxylic acids is 1. The molecule has 12 heteroatoms. The lowest BCUT2D eigenvalue weighted by Crippen LogP contribution is -2.50. The summed E-state index contributed by atoms with van der Waals surface area (Å²) in [5, 5.41) is 14.8. The van der Waals surface area contributed by atoms with Gasteiger partial charge in [0.2, 0.25) is 10.0 Å². The number of amides is 1. The molecule has 1 aliphatic rings. The van der Waals surface area contributed by atoms with Gasteiger partial charge in [-0.25, -0.2) is 18.0 Å². The maximum Gasteiger partial charge on any atom is 0.414 e. The van der Waals surface area contributed by atoms with E-state index in [1.807, 2.05) is 0 Å². The van der Waals surface area contributed by atoms with E-state index in [0.29, 0.717) is 30.2 Å². The second-order valence-electron chi connectivity index (χ2n) is 6.71. The van der Waals surface area contributed by atoms with E-state index < -0.39 is 22.0 Å². The number of nitrogens with zero attached hydrogens (tertiary/aromatic N) is 2. The summed E-state index contributed by atoms with van der Waals surface area (Å²) < 4.78 is 37.2. The Kier molecular flexibility index (Phi) is 8.77. The Hall–Kier alpha value is -3.64. The van der Waals surface area contributed by atoms with Gasteiger partial charge in [0.1, 0.15) is 11.5 Å². The first-order valence-electron chi connectivity index (χ1n) is 9.64. The highest BCUT2D eigenvalue weighted by Gasteiger charge is 2.30. The first-order chi connectivity index (χ1) is 15.6. The molecule has 1 aliphatic heterocycles. The molecule has 2 aromatic carbocycles. The quantitative estimate of drug-likeness (QED) is 0.597. The van der Waals surface area contributed by atoms with Crippen LogP contribution >= 0.6 is 0 Å². The van der Waals surface area contributed by atoms with Gasteiger partial charge in [0, 0.05) is 31.7 Å². The Labute approximate surface area is 190 Å². The van der Waals surface area contributed by atoms with Gasteiger partial charge in [0.25, 0.3) is 5.91 Å². The maximum absolute atomic E-state index is 12.8. The predicted octanol–water partition coefficient (Wildman–Crippen LogP) is 1.01. The minimum Gasteiger partial charge on any atom is -0.497 e. The fourth-order valence-electron chi connectivity index (χ4n) is 2.97. The smallest absolute Gasteiger partial charge is 0.414 e. The molecule has 1 fully saturated rings. The zero-order valence-corrected chi connectivity index (χ0v) is 18.8. The second kappa shape index (κ2) is 11.3. The summed E-state index contributed by atoms with van der Waals surface area (Å²) in [6.45, 7) is 1.19. The molecule has 11 nitrogen and oxygen atoms in total. The molecule has 0 unspecified atom stereocenters. The maximum atomic E-state index is 12.8. The van der Waals surface area contributed by atoms with Crippen molar-refractivity contribution in [2.45, 2.75) is 4.90 Å². The van der Waals surface area contributed by atoms with E-state index in [0.717, 1.165) is 0 Å². The topological polar surface area (TPSA) is 151 Å². The van der Waals surface area contributed by atoms with Gasteiger partial charge in [-0.2, -0.15) is 4.31 Å². The van der Waals surface area contributed by atoms with Crippen molar-refractivity contribution in [2.75, 3.05) is 40.4 Å². The van der Waals surface area contributed by atoms with Crippen LogP contribution in [0.2, 0.25) is 0 Å². The molecule has 0 aromatic heterocycles. The number of piperazine rings is 1. The summed E-state index contributed by atoms with van der Waals surface area (Å²) in [6.07, 6.45) is 0. The van der Waals surface area contributed by atoms with E-state index in [1.54, 1.807) is 48.4 Å².